The lowest BCUT2D eigenvalue weighted by Gasteiger charge is -1.78. The van der Waals surface area contributed by atoms with Crippen molar-refractivity contribution in [2.45, 2.75) is 0 Å². The third-order valence-electron chi connectivity index (χ3n) is 0.269. The SMILES string of the molecule is C#CCSC(=O)Cl. The molecule has 0 aliphatic heterocycles. The molecule has 0 aliphatic rings. The van der Waals surface area contributed by atoms with E-state index in [1.165, 1.54) is 0 Å². The van der Waals surface area contributed by atoms with Crippen molar-refractivity contribution in [3.8, 4) is 12.3 Å². The van der Waals surface area contributed by atoms with Gasteiger partial charge in [0.05, 0.1) is 5.75 Å². The van der Waals surface area contributed by atoms with Crippen LogP contribution in [0.5, 0.6) is 0 Å². The molecule has 3 heteroatoms. The quantitative estimate of drug-likeness (QED) is 0.401. The van der Waals surface area contributed by atoms with E-state index < -0.39 is 4.57 Å². The number of hydrogen-bond acceptors (Lipinski definition) is 2. The first-order chi connectivity index (χ1) is 3.27. The zero-order valence-electron chi connectivity index (χ0n) is 3.48. The maximum Gasteiger partial charge on any atom is 0.280 e. The van der Waals surface area contributed by atoms with Crippen LogP contribution in [0.15, 0.2) is 0 Å². The Hall–Kier alpha value is -0.130. The van der Waals surface area contributed by atoms with Crippen molar-refractivity contribution in [3.05, 3.63) is 0 Å². The van der Waals surface area contributed by atoms with Crippen LogP contribution in [0.1, 0.15) is 0 Å². The van der Waals surface area contributed by atoms with E-state index in [0.29, 0.717) is 5.75 Å². The van der Waals surface area contributed by atoms with Gasteiger partial charge in [-0.1, -0.05) is 17.7 Å². The van der Waals surface area contributed by atoms with Gasteiger partial charge in [-0.05, 0) is 11.6 Å². The lowest BCUT2D eigenvalue weighted by atomic mass is 10.8. The molecule has 0 radical (unpaired) electrons. The second-order valence-electron chi connectivity index (χ2n) is 0.730. The summed E-state index contributed by atoms with van der Waals surface area (Å²) in [4.78, 5) is 9.84. The molecule has 0 atom stereocenters. The van der Waals surface area contributed by atoms with Crippen molar-refractivity contribution >= 4 is 27.9 Å². The first-order valence-electron chi connectivity index (χ1n) is 1.53. The Morgan fingerprint density at radius 3 is 2.71 bits per heavy atom. The van der Waals surface area contributed by atoms with Crippen molar-refractivity contribution in [1.82, 2.24) is 0 Å². The molecule has 0 unspecified atom stereocenters. The Morgan fingerprint density at radius 1 is 2.00 bits per heavy atom. The van der Waals surface area contributed by atoms with Gasteiger partial charge in [-0.2, -0.15) is 0 Å². The van der Waals surface area contributed by atoms with E-state index in [2.05, 4.69) is 5.92 Å². The molecule has 0 spiro atoms. The summed E-state index contributed by atoms with van der Waals surface area (Å²) in [6, 6.07) is 0. The predicted molar refractivity (Wildman–Crippen MR) is 32.5 cm³/mol. The zero-order chi connectivity index (χ0) is 5.70. The summed E-state index contributed by atoms with van der Waals surface area (Å²) < 4.78 is -0.446. The van der Waals surface area contributed by atoms with Gasteiger partial charge in [0.2, 0.25) is 0 Å². The average Bonchev–Trinajstić information content (AvgIpc) is 1.61. The monoisotopic (exact) mass is 134 g/mol. The molecule has 0 aromatic rings. The Labute approximate surface area is 51.4 Å². The normalized spacial score (nSPS) is 7.43. The van der Waals surface area contributed by atoms with Crippen molar-refractivity contribution in [2.24, 2.45) is 0 Å². The molecule has 7 heavy (non-hydrogen) atoms. The molecule has 0 fully saturated rings. The van der Waals surface area contributed by atoms with Gasteiger partial charge in [-0.15, -0.1) is 6.42 Å². The fraction of sp³-hybridized carbons (Fsp3) is 0.250. The Kier molecular flexibility index (Phi) is 3.97. The molecule has 38 valence electrons. The molecule has 0 saturated heterocycles. The number of rotatable bonds is 1. The van der Waals surface area contributed by atoms with Gasteiger partial charge in [-0.25, -0.2) is 0 Å². The summed E-state index contributed by atoms with van der Waals surface area (Å²) in [7, 11) is 0. The zero-order valence-corrected chi connectivity index (χ0v) is 5.05. The lowest BCUT2D eigenvalue weighted by Crippen LogP contribution is -1.73. The average molecular weight is 135 g/mol. The molecule has 0 amide bonds. The minimum atomic E-state index is -0.446. The van der Waals surface area contributed by atoms with Gasteiger partial charge in [0.15, 0.2) is 0 Å². The van der Waals surface area contributed by atoms with Gasteiger partial charge in [0.1, 0.15) is 0 Å². The molecular formula is C4H3ClOS. The number of terminal acetylenes is 1. The van der Waals surface area contributed by atoms with Crippen molar-refractivity contribution in [1.29, 1.82) is 0 Å². The van der Waals surface area contributed by atoms with E-state index in [1.807, 2.05) is 0 Å². The van der Waals surface area contributed by atoms with E-state index in [4.69, 9.17) is 18.0 Å². The maximum absolute atomic E-state index is 9.84. The summed E-state index contributed by atoms with van der Waals surface area (Å²) in [6.45, 7) is 0. The topological polar surface area (TPSA) is 17.1 Å². The Bertz CT molecular complexity index is 105. The molecule has 0 aromatic heterocycles. The first kappa shape index (κ1) is 6.87. The van der Waals surface area contributed by atoms with Gasteiger partial charge >= 0.3 is 0 Å². The number of halogens is 1. The number of hydrogen-bond donors (Lipinski definition) is 0. The van der Waals surface area contributed by atoms with Crippen LogP contribution in [0.4, 0.5) is 4.79 Å². The molecule has 0 bridgehead atoms. The fourth-order valence-corrected chi connectivity index (χ4v) is 0.459. The molecule has 0 aromatic carbocycles. The number of carbonyl (C=O) groups excluding carboxylic acids is 1. The summed E-state index contributed by atoms with van der Waals surface area (Å²) in [5, 5.41) is 0. The predicted octanol–water partition coefficient (Wildman–Crippen LogP) is 1.71. The Balaban J connectivity index is 3.02. The molecule has 0 aliphatic carbocycles. The lowest BCUT2D eigenvalue weighted by molar-refractivity contribution is 0.276. The van der Waals surface area contributed by atoms with Crippen molar-refractivity contribution in [3.63, 3.8) is 0 Å². The van der Waals surface area contributed by atoms with E-state index >= 15 is 0 Å². The van der Waals surface area contributed by atoms with Crippen LogP contribution in [-0.2, 0) is 0 Å². The fourth-order valence-electron chi connectivity index (χ4n) is 0.0984. The largest absolute Gasteiger partial charge is 0.280 e. The van der Waals surface area contributed by atoms with E-state index in [1.54, 1.807) is 0 Å². The highest BCUT2D eigenvalue weighted by atomic mass is 35.5. The Morgan fingerprint density at radius 2 is 2.57 bits per heavy atom. The van der Waals surface area contributed by atoms with Crippen LogP contribution in [0.2, 0.25) is 0 Å². The highest BCUT2D eigenvalue weighted by molar-refractivity contribution is 8.16. The van der Waals surface area contributed by atoms with E-state index in [9.17, 15) is 4.79 Å². The van der Waals surface area contributed by atoms with Gasteiger partial charge in [0.25, 0.3) is 4.57 Å². The summed E-state index contributed by atoms with van der Waals surface area (Å²) in [6.07, 6.45) is 4.80. The number of carbonyl (C=O) groups is 1. The molecule has 0 saturated carbocycles. The van der Waals surface area contributed by atoms with Crippen LogP contribution in [-0.4, -0.2) is 10.3 Å². The molecule has 0 N–H and O–H groups in total. The van der Waals surface area contributed by atoms with E-state index in [0.717, 1.165) is 11.8 Å². The third-order valence-corrected chi connectivity index (χ3v) is 1.13. The van der Waals surface area contributed by atoms with Crippen molar-refractivity contribution in [2.75, 3.05) is 5.75 Å². The van der Waals surface area contributed by atoms with E-state index in [-0.39, 0.29) is 0 Å². The highest BCUT2D eigenvalue weighted by Gasteiger charge is 1.89. The van der Waals surface area contributed by atoms with Gasteiger partial charge < -0.3 is 0 Å². The van der Waals surface area contributed by atoms with Crippen LogP contribution in [0, 0.1) is 12.3 Å². The minimum Gasteiger partial charge on any atom is -0.268 e. The molecule has 0 heterocycles. The standard InChI is InChI=1S/C4H3ClOS/c1-2-3-7-4(5)6/h1H,3H2. The van der Waals surface area contributed by atoms with Crippen LogP contribution >= 0.6 is 23.4 Å². The van der Waals surface area contributed by atoms with Crippen LogP contribution in [0.3, 0.4) is 0 Å². The van der Waals surface area contributed by atoms with Crippen LogP contribution in [0.25, 0.3) is 0 Å². The second-order valence-corrected chi connectivity index (χ2v) is 2.25. The number of thioether (sulfide) groups is 1. The van der Waals surface area contributed by atoms with Crippen molar-refractivity contribution < 1.29 is 4.79 Å². The first-order valence-corrected chi connectivity index (χ1v) is 2.89. The minimum absolute atomic E-state index is 0.363. The molecule has 0 rings (SSSR count). The smallest absolute Gasteiger partial charge is 0.268 e. The molecule has 1 nitrogen and oxygen atoms in total. The second kappa shape index (κ2) is 4.04. The summed E-state index contributed by atoms with van der Waals surface area (Å²) >= 11 is 5.81. The maximum atomic E-state index is 9.84. The van der Waals surface area contributed by atoms with Gasteiger partial charge in [-0.3, -0.25) is 4.79 Å². The summed E-state index contributed by atoms with van der Waals surface area (Å²) in [5.41, 5.74) is 0. The van der Waals surface area contributed by atoms with Crippen LogP contribution < -0.4 is 0 Å². The summed E-state index contributed by atoms with van der Waals surface area (Å²) in [5.74, 6) is 2.62. The van der Waals surface area contributed by atoms with Gasteiger partial charge in [0, 0.05) is 0 Å². The highest BCUT2D eigenvalue weighted by Crippen LogP contribution is 2.04. The third kappa shape index (κ3) is 5.87. The molecular weight excluding hydrogens is 132 g/mol.